The highest BCUT2D eigenvalue weighted by Crippen LogP contribution is 2.57. The molecule has 5 rings (SSSR count). The number of nitrogens with one attached hydrogen (secondary N) is 1. The summed E-state index contributed by atoms with van der Waals surface area (Å²) in [6.07, 6.45) is 2.79. The second-order valence-electron chi connectivity index (χ2n) is 9.56. The molecule has 180 valence electrons. The molecule has 6 N–H and O–H groups in total. The third kappa shape index (κ3) is 3.70. The molecular formula is C23H27ClFN7O2. The lowest BCUT2D eigenvalue weighted by molar-refractivity contribution is 0.0263. The molecular weight excluding hydrogens is 461 g/mol. The van der Waals surface area contributed by atoms with E-state index in [1.54, 1.807) is 24.8 Å². The van der Waals surface area contributed by atoms with Gasteiger partial charge in [0, 0.05) is 31.8 Å². The van der Waals surface area contributed by atoms with Crippen LogP contribution in [0, 0.1) is 17.7 Å². The second kappa shape index (κ2) is 7.99. The molecule has 2 heterocycles. The fourth-order valence-corrected chi connectivity index (χ4v) is 6.05. The number of aliphatic hydroxyl groups is 1. The van der Waals surface area contributed by atoms with E-state index in [4.69, 9.17) is 23.1 Å². The van der Waals surface area contributed by atoms with Gasteiger partial charge in [-0.1, -0.05) is 11.6 Å². The number of amides is 1. The van der Waals surface area contributed by atoms with Gasteiger partial charge in [-0.2, -0.15) is 10.2 Å². The number of aromatic nitrogens is 4. The average Bonchev–Trinajstić information content (AvgIpc) is 3.47. The summed E-state index contributed by atoms with van der Waals surface area (Å²) in [5.74, 6) is 0.275. The van der Waals surface area contributed by atoms with E-state index >= 15 is 0 Å². The minimum Gasteiger partial charge on any atom is -0.384 e. The quantitative estimate of drug-likeness (QED) is 0.446. The number of benzene rings is 1. The van der Waals surface area contributed by atoms with Crippen LogP contribution in [0.25, 0.3) is 0 Å². The van der Waals surface area contributed by atoms with Crippen LogP contribution in [-0.2, 0) is 19.7 Å². The summed E-state index contributed by atoms with van der Waals surface area (Å²) in [6, 6.07) is 5.73. The Balaban J connectivity index is 1.36. The lowest BCUT2D eigenvalue weighted by Crippen LogP contribution is -2.26. The van der Waals surface area contributed by atoms with Gasteiger partial charge in [-0.05, 0) is 55.7 Å². The van der Waals surface area contributed by atoms with E-state index < -0.39 is 17.3 Å². The smallest absolute Gasteiger partial charge is 0.261 e. The normalized spacial score (nSPS) is 26.1. The van der Waals surface area contributed by atoms with Gasteiger partial charge in [-0.25, -0.2) is 4.39 Å². The van der Waals surface area contributed by atoms with E-state index in [1.807, 2.05) is 0 Å². The molecule has 0 aliphatic heterocycles. The fraction of sp³-hybridized carbons (Fsp3) is 0.435. The molecule has 1 aromatic carbocycles. The highest BCUT2D eigenvalue weighted by atomic mass is 35.5. The van der Waals surface area contributed by atoms with E-state index in [0.717, 1.165) is 18.5 Å². The summed E-state index contributed by atoms with van der Waals surface area (Å²) in [5.41, 5.74) is 13.2. The molecule has 34 heavy (non-hydrogen) atoms. The largest absolute Gasteiger partial charge is 0.384 e. The molecule has 9 nitrogen and oxygen atoms in total. The highest BCUT2D eigenvalue weighted by molar-refractivity contribution is 6.31. The second-order valence-corrected chi connectivity index (χ2v) is 9.97. The van der Waals surface area contributed by atoms with Crippen molar-refractivity contribution >= 4 is 34.8 Å². The minimum absolute atomic E-state index is 0.0391. The SMILES string of the molecule is Cn1nc(N)cc1[C@]1(O)C[C@H]2C[C@H](c3nn(C)c(N)c3C(=O)Nc3ccc(F)c(Cl)c3)C[C@H]2C1. The zero-order valence-electron chi connectivity index (χ0n) is 18.9. The topological polar surface area (TPSA) is 137 Å². The summed E-state index contributed by atoms with van der Waals surface area (Å²) < 4.78 is 16.6. The molecule has 0 radical (unpaired) electrons. The molecule has 2 aliphatic carbocycles. The molecule has 4 atom stereocenters. The Hall–Kier alpha value is -3.11. The minimum atomic E-state index is -0.967. The van der Waals surface area contributed by atoms with Gasteiger partial charge in [0.15, 0.2) is 0 Å². The number of nitrogen functional groups attached to an aromatic ring is 2. The molecule has 2 aromatic heterocycles. The summed E-state index contributed by atoms with van der Waals surface area (Å²) in [4.78, 5) is 13.2. The van der Waals surface area contributed by atoms with Crippen molar-refractivity contribution in [2.45, 2.75) is 37.2 Å². The van der Waals surface area contributed by atoms with Crippen LogP contribution in [-0.4, -0.2) is 30.6 Å². The van der Waals surface area contributed by atoms with Gasteiger partial charge in [0.1, 0.15) is 28.6 Å². The zero-order valence-corrected chi connectivity index (χ0v) is 19.7. The number of halogens is 2. The first kappa shape index (κ1) is 22.7. The van der Waals surface area contributed by atoms with Crippen molar-refractivity contribution < 1.29 is 14.3 Å². The van der Waals surface area contributed by atoms with Crippen molar-refractivity contribution in [2.75, 3.05) is 16.8 Å². The van der Waals surface area contributed by atoms with Crippen molar-refractivity contribution in [3.63, 3.8) is 0 Å². The van der Waals surface area contributed by atoms with E-state index in [0.29, 0.717) is 35.6 Å². The van der Waals surface area contributed by atoms with Gasteiger partial charge in [-0.3, -0.25) is 14.2 Å². The van der Waals surface area contributed by atoms with Crippen molar-refractivity contribution in [2.24, 2.45) is 25.9 Å². The number of hydrogen-bond donors (Lipinski definition) is 4. The van der Waals surface area contributed by atoms with Gasteiger partial charge >= 0.3 is 0 Å². The van der Waals surface area contributed by atoms with Gasteiger partial charge in [0.25, 0.3) is 5.91 Å². The Morgan fingerprint density at radius 2 is 1.85 bits per heavy atom. The van der Waals surface area contributed by atoms with Crippen LogP contribution in [0.1, 0.15) is 53.3 Å². The monoisotopic (exact) mass is 487 g/mol. The van der Waals surface area contributed by atoms with Crippen LogP contribution < -0.4 is 16.8 Å². The van der Waals surface area contributed by atoms with Gasteiger partial charge in [0.05, 0.1) is 16.4 Å². The number of nitrogens with zero attached hydrogens (tertiary/aromatic N) is 4. The van der Waals surface area contributed by atoms with Crippen molar-refractivity contribution in [3.8, 4) is 0 Å². The number of carbonyl (C=O) groups excluding carboxylic acids is 1. The molecule has 0 bridgehead atoms. The summed E-state index contributed by atoms with van der Waals surface area (Å²) >= 11 is 5.85. The predicted octanol–water partition coefficient (Wildman–Crippen LogP) is 3.15. The first-order valence-electron chi connectivity index (χ1n) is 11.2. The molecule has 0 spiro atoms. The maximum absolute atomic E-state index is 13.5. The zero-order chi connectivity index (χ0) is 24.4. The lowest BCUT2D eigenvalue weighted by atomic mass is 9.89. The summed E-state index contributed by atoms with van der Waals surface area (Å²) in [7, 11) is 3.49. The Morgan fingerprint density at radius 3 is 2.44 bits per heavy atom. The number of anilines is 3. The number of fused-ring (bicyclic) bond motifs is 1. The molecule has 0 unspecified atom stereocenters. The Labute approximate surface area is 200 Å². The molecule has 2 fully saturated rings. The van der Waals surface area contributed by atoms with Gasteiger partial charge < -0.3 is 21.9 Å². The van der Waals surface area contributed by atoms with E-state index in [9.17, 15) is 14.3 Å². The number of rotatable bonds is 4. The van der Waals surface area contributed by atoms with Crippen LogP contribution in [0.2, 0.25) is 5.02 Å². The van der Waals surface area contributed by atoms with Gasteiger partial charge in [0.2, 0.25) is 0 Å². The van der Waals surface area contributed by atoms with E-state index in [-0.39, 0.29) is 28.6 Å². The maximum Gasteiger partial charge on any atom is 0.261 e. The van der Waals surface area contributed by atoms with Crippen LogP contribution in [0.15, 0.2) is 24.3 Å². The molecule has 0 saturated heterocycles. The predicted molar refractivity (Wildman–Crippen MR) is 127 cm³/mol. The first-order valence-corrected chi connectivity index (χ1v) is 11.5. The van der Waals surface area contributed by atoms with Crippen LogP contribution in [0.5, 0.6) is 0 Å². The first-order chi connectivity index (χ1) is 16.1. The average molecular weight is 488 g/mol. The lowest BCUT2D eigenvalue weighted by Gasteiger charge is -2.24. The third-order valence-corrected chi connectivity index (χ3v) is 7.62. The van der Waals surface area contributed by atoms with E-state index in [1.165, 1.54) is 22.9 Å². The molecule has 2 saturated carbocycles. The number of nitrogens with two attached hydrogens (primary N) is 2. The highest BCUT2D eigenvalue weighted by Gasteiger charge is 2.51. The van der Waals surface area contributed by atoms with Crippen LogP contribution >= 0.6 is 11.6 Å². The summed E-state index contributed by atoms with van der Waals surface area (Å²) in [5, 5.41) is 22.8. The van der Waals surface area contributed by atoms with Crippen molar-refractivity contribution in [1.29, 1.82) is 0 Å². The molecule has 11 heteroatoms. The van der Waals surface area contributed by atoms with E-state index in [2.05, 4.69) is 15.5 Å². The molecule has 3 aromatic rings. The van der Waals surface area contributed by atoms with Crippen LogP contribution in [0.4, 0.5) is 21.7 Å². The van der Waals surface area contributed by atoms with Crippen molar-refractivity contribution in [3.05, 3.63) is 52.1 Å². The Morgan fingerprint density at radius 1 is 1.18 bits per heavy atom. The fourth-order valence-electron chi connectivity index (χ4n) is 5.86. The number of carbonyl (C=O) groups is 1. The van der Waals surface area contributed by atoms with Gasteiger partial charge in [-0.15, -0.1) is 0 Å². The standard InChI is InChI=1S/C23H27ClFN7O2/c1-31-17(8-18(26)29-31)23(34)9-12-5-11(6-13(12)10-23)20-19(21(27)32(2)30-20)22(33)28-14-3-4-16(25)15(24)7-14/h3-4,7-8,11-13,34H,5-6,9-10,27H2,1-2H3,(H2,26,29)(H,28,33)/t11-,12+,13-,23-. The van der Waals surface area contributed by atoms with Crippen LogP contribution in [0.3, 0.4) is 0 Å². The Kier molecular flexibility index (Phi) is 5.33. The molecule has 2 aliphatic rings. The third-order valence-electron chi connectivity index (χ3n) is 7.33. The maximum atomic E-state index is 13.5. The Bertz CT molecular complexity index is 1270. The summed E-state index contributed by atoms with van der Waals surface area (Å²) in [6.45, 7) is 0. The number of aryl methyl sites for hydroxylation is 2. The molecule has 1 amide bonds. The van der Waals surface area contributed by atoms with Crippen molar-refractivity contribution in [1.82, 2.24) is 19.6 Å². The number of hydrogen-bond acceptors (Lipinski definition) is 6.